The van der Waals surface area contributed by atoms with E-state index < -0.39 is 11.8 Å². The van der Waals surface area contributed by atoms with Crippen molar-refractivity contribution in [3.63, 3.8) is 0 Å². The first-order valence-corrected chi connectivity index (χ1v) is 6.56. The molecule has 0 unspecified atom stereocenters. The summed E-state index contributed by atoms with van der Waals surface area (Å²) in [6, 6.07) is 5.91. The van der Waals surface area contributed by atoms with E-state index in [1.165, 1.54) is 18.3 Å². The number of anilines is 1. The van der Waals surface area contributed by atoms with Crippen molar-refractivity contribution in [1.82, 2.24) is 4.98 Å². The van der Waals surface area contributed by atoms with E-state index in [1.807, 2.05) is 0 Å². The summed E-state index contributed by atoms with van der Waals surface area (Å²) >= 11 is 3.26. The molecule has 6 heteroatoms. The molecule has 0 aliphatic carbocycles. The van der Waals surface area contributed by atoms with Crippen molar-refractivity contribution < 1.29 is 14.3 Å². The molecule has 20 heavy (non-hydrogen) atoms. The number of hydrogen-bond acceptors (Lipinski definition) is 3. The molecule has 0 aliphatic heterocycles. The highest BCUT2D eigenvalue weighted by Gasteiger charge is 2.21. The van der Waals surface area contributed by atoms with Crippen LogP contribution in [-0.2, 0) is 0 Å². The summed E-state index contributed by atoms with van der Waals surface area (Å²) in [7, 11) is 3.38. The molecule has 0 bridgehead atoms. The molecule has 1 N–H and O–H groups in total. The summed E-state index contributed by atoms with van der Waals surface area (Å²) < 4.78 is 14.7. The maximum absolute atomic E-state index is 14.0. The van der Waals surface area contributed by atoms with Crippen molar-refractivity contribution >= 4 is 27.7 Å². The molecule has 2 aromatic rings. The van der Waals surface area contributed by atoms with Crippen LogP contribution in [-0.4, -0.2) is 30.2 Å². The number of benzene rings is 1. The molecule has 0 amide bonds. The van der Waals surface area contributed by atoms with Gasteiger partial charge in [0, 0.05) is 35.9 Å². The largest absolute Gasteiger partial charge is 0.478 e. The van der Waals surface area contributed by atoms with E-state index in [1.54, 1.807) is 31.1 Å². The third kappa shape index (κ3) is 2.65. The first-order chi connectivity index (χ1) is 9.41. The fourth-order valence-electron chi connectivity index (χ4n) is 1.93. The van der Waals surface area contributed by atoms with Crippen LogP contribution < -0.4 is 4.90 Å². The van der Waals surface area contributed by atoms with Crippen LogP contribution in [0.4, 0.5) is 10.2 Å². The molecule has 1 heterocycles. The van der Waals surface area contributed by atoms with E-state index >= 15 is 0 Å². The van der Waals surface area contributed by atoms with Gasteiger partial charge in [-0.25, -0.2) is 14.2 Å². The van der Waals surface area contributed by atoms with Gasteiger partial charge in [-0.05, 0) is 24.3 Å². The number of nitrogens with zero attached hydrogens (tertiary/aromatic N) is 2. The predicted octanol–water partition coefficient (Wildman–Crippen LogP) is 3.41. The lowest BCUT2D eigenvalue weighted by Gasteiger charge is -2.17. The van der Waals surface area contributed by atoms with E-state index in [2.05, 4.69) is 20.9 Å². The molecule has 0 fully saturated rings. The molecule has 1 aromatic carbocycles. The number of carboxylic acids is 1. The number of rotatable bonds is 3. The third-order valence-corrected chi connectivity index (χ3v) is 3.28. The number of carboxylic acid groups (broad SMARTS) is 1. The van der Waals surface area contributed by atoms with Crippen LogP contribution in [0.5, 0.6) is 0 Å². The van der Waals surface area contributed by atoms with Gasteiger partial charge >= 0.3 is 5.97 Å². The van der Waals surface area contributed by atoms with Crippen LogP contribution in [0, 0.1) is 5.82 Å². The molecular weight excluding hydrogens is 327 g/mol. The highest BCUT2D eigenvalue weighted by Crippen LogP contribution is 2.32. The standard InChI is InChI=1S/C14H12BrFN2O2/c1-18(2)13-12(14(19)20)9(5-6-17-13)10-7-8(15)3-4-11(10)16/h3-7H,1-2H3,(H,19,20). The van der Waals surface area contributed by atoms with E-state index in [4.69, 9.17) is 0 Å². The summed E-state index contributed by atoms with van der Waals surface area (Å²) in [5.41, 5.74) is 0.506. The lowest BCUT2D eigenvalue weighted by Crippen LogP contribution is -2.16. The summed E-state index contributed by atoms with van der Waals surface area (Å²) in [5.74, 6) is -1.34. The average molecular weight is 339 g/mol. The SMILES string of the molecule is CN(C)c1nccc(-c2cc(Br)ccc2F)c1C(=O)O. The molecule has 2 rings (SSSR count). The smallest absolute Gasteiger partial charge is 0.340 e. The zero-order valence-electron chi connectivity index (χ0n) is 10.9. The first kappa shape index (κ1) is 14.5. The molecule has 0 saturated carbocycles. The molecule has 0 radical (unpaired) electrons. The van der Waals surface area contributed by atoms with E-state index in [0.717, 1.165) is 0 Å². The second-order valence-electron chi connectivity index (χ2n) is 4.38. The van der Waals surface area contributed by atoms with Gasteiger partial charge in [0.15, 0.2) is 0 Å². The molecule has 104 valence electrons. The van der Waals surface area contributed by atoms with Crippen LogP contribution in [0.2, 0.25) is 0 Å². The van der Waals surface area contributed by atoms with Crippen LogP contribution in [0.3, 0.4) is 0 Å². The van der Waals surface area contributed by atoms with E-state index in [0.29, 0.717) is 10.0 Å². The summed E-state index contributed by atoms with van der Waals surface area (Å²) in [6.07, 6.45) is 1.47. The lowest BCUT2D eigenvalue weighted by molar-refractivity contribution is 0.0698. The minimum absolute atomic E-state index is 0.0190. The minimum Gasteiger partial charge on any atom is -0.478 e. The molecule has 4 nitrogen and oxygen atoms in total. The predicted molar refractivity (Wildman–Crippen MR) is 78.6 cm³/mol. The van der Waals surface area contributed by atoms with Gasteiger partial charge in [-0.2, -0.15) is 0 Å². The zero-order valence-corrected chi connectivity index (χ0v) is 12.5. The number of pyridine rings is 1. The summed E-state index contributed by atoms with van der Waals surface area (Å²) in [4.78, 5) is 17.2. The molecule has 0 atom stereocenters. The Bertz CT molecular complexity index is 674. The molecule has 1 aromatic heterocycles. The Hall–Kier alpha value is -1.95. The van der Waals surface area contributed by atoms with Crippen LogP contribution in [0.15, 0.2) is 34.9 Å². The van der Waals surface area contributed by atoms with Crippen molar-refractivity contribution in [2.24, 2.45) is 0 Å². The minimum atomic E-state index is -1.14. The normalized spacial score (nSPS) is 10.4. The van der Waals surface area contributed by atoms with Gasteiger partial charge in [-0.3, -0.25) is 0 Å². The van der Waals surface area contributed by atoms with Crippen molar-refractivity contribution in [2.75, 3.05) is 19.0 Å². The van der Waals surface area contributed by atoms with Crippen molar-refractivity contribution in [3.8, 4) is 11.1 Å². The molecule has 0 aliphatic rings. The Balaban J connectivity index is 2.77. The second-order valence-corrected chi connectivity index (χ2v) is 5.30. The molecule has 0 saturated heterocycles. The Morgan fingerprint density at radius 3 is 2.60 bits per heavy atom. The Labute approximate surface area is 124 Å². The fraction of sp³-hybridized carbons (Fsp3) is 0.143. The Morgan fingerprint density at radius 1 is 1.30 bits per heavy atom. The highest BCUT2D eigenvalue weighted by atomic mass is 79.9. The highest BCUT2D eigenvalue weighted by molar-refractivity contribution is 9.10. The number of hydrogen-bond donors (Lipinski definition) is 1. The van der Waals surface area contributed by atoms with Crippen LogP contribution >= 0.6 is 15.9 Å². The second kappa shape index (κ2) is 5.58. The average Bonchev–Trinajstić information content (AvgIpc) is 2.40. The van der Waals surface area contributed by atoms with E-state index in [-0.39, 0.29) is 16.9 Å². The maximum Gasteiger partial charge on any atom is 0.340 e. The zero-order chi connectivity index (χ0) is 14.9. The van der Waals surface area contributed by atoms with Crippen molar-refractivity contribution in [3.05, 3.63) is 46.3 Å². The number of aromatic nitrogens is 1. The Kier molecular flexibility index (Phi) is 4.04. The number of aromatic carboxylic acids is 1. The number of halogens is 2. The van der Waals surface area contributed by atoms with Crippen molar-refractivity contribution in [1.29, 1.82) is 0 Å². The number of carbonyl (C=O) groups is 1. The van der Waals surface area contributed by atoms with Gasteiger partial charge in [0.2, 0.25) is 0 Å². The quantitative estimate of drug-likeness (QED) is 0.931. The maximum atomic E-state index is 14.0. The van der Waals surface area contributed by atoms with Gasteiger partial charge in [0.1, 0.15) is 17.2 Å². The topological polar surface area (TPSA) is 53.4 Å². The van der Waals surface area contributed by atoms with E-state index in [9.17, 15) is 14.3 Å². The summed E-state index contributed by atoms with van der Waals surface area (Å²) in [5, 5.41) is 9.42. The van der Waals surface area contributed by atoms with Gasteiger partial charge in [0.05, 0.1) is 0 Å². The summed E-state index contributed by atoms with van der Waals surface area (Å²) in [6.45, 7) is 0. The van der Waals surface area contributed by atoms with Crippen LogP contribution in [0.1, 0.15) is 10.4 Å². The lowest BCUT2D eigenvalue weighted by atomic mass is 10.00. The van der Waals surface area contributed by atoms with Crippen LogP contribution in [0.25, 0.3) is 11.1 Å². The Morgan fingerprint density at radius 2 is 2.00 bits per heavy atom. The fourth-order valence-corrected chi connectivity index (χ4v) is 2.29. The first-order valence-electron chi connectivity index (χ1n) is 5.77. The third-order valence-electron chi connectivity index (χ3n) is 2.79. The monoisotopic (exact) mass is 338 g/mol. The van der Waals surface area contributed by atoms with Gasteiger partial charge in [0.25, 0.3) is 0 Å². The molecular formula is C14H12BrFN2O2. The molecule has 0 spiro atoms. The van der Waals surface area contributed by atoms with Gasteiger partial charge in [-0.15, -0.1) is 0 Å². The van der Waals surface area contributed by atoms with Gasteiger partial charge < -0.3 is 10.0 Å². The van der Waals surface area contributed by atoms with Crippen molar-refractivity contribution in [2.45, 2.75) is 0 Å². The van der Waals surface area contributed by atoms with Gasteiger partial charge in [-0.1, -0.05) is 15.9 Å².